The van der Waals surface area contributed by atoms with Crippen molar-refractivity contribution in [2.24, 2.45) is 14.1 Å². The first kappa shape index (κ1) is 26.1. The van der Waals surface area contributed by atoms with Crippen molar-refractivity contribution in [1.29, 1.82) is 0 Å². The summed E-state index contributed by atoms with van der Waals surface area (Å²) in [5, 5.41) is 2.79. The number of nitrogens with two attached hydrogens (primary N) is 1. The van der Waals surface area contributed by atoms with Gasteiger partial charge in [-0.3, -0.25) is 18.7 Å². The number of hydrogen-bond acceptors (Lipinski definition) is 9. The molecule has 0 aliphatic rings. The maximum Gasteiger partial charge on any atom is 0.332 e. The molecule has 0 bridgehead atoms. The standard InChI is InChI=1S/C26H27N5O7/c1-30-23-20(25(33)31(2)26(30)34)18(13-10-16(36-4)21(38-6)17(11-13)37-5)19(22(27)29-23)24(32)28-14-8-7-9-15(12-14)35-3/h7-12H,1-6H3,(H2,27,29)(H,28,32). The van der Waals surface area contributed by atoms with Crippen LogP contribution in [0.15, 0.2) is 46.0 Å². The van der Waals surface area contributed by atoms with Crippen LogP contribution in [-0.4, -0.2) is 48.5 Å². The number of rotatable bonds is 7. The lowest BCUT2D eigenvalue weighted by molar-refractivity contribution is 0.102. The summed E-state index contributed by atoms with van der Waals surface area (Å²) < 4.78 is 23.8. The van der Waals surface area contributed by atoms with E-state index in [1.54, 1.807) is 36.4 Å². The van der Waals surface area contributed by atoms with Crippen molar-refractivity contribution in [1.82, 2.24) is 14.1 Å². The first-order valence-electron chi connectivity index (χ1n) is 11.3. The summed E-state index contributed by atoms with van der Waals surface area (Å²) in [5.74, 6) is 0.584. The van der Waals surface area contributed by atoms with Crippen LogP contribution in [0.25, 0.3) is 22.2 Å². The summed E-state index contributed by atoms with van der Waals surface area (Å²) in [6.07, 6.45) is 0. The first-order valence-corrected chi connectivity index (χ1v) is 11.3. The lowest BCUT2D eigenvalue weighted by atomic mass is 9.95. The van der Waals surface area contributed by atoms with Gasteiger partial charge in [0.15, 0.2) is 17.1 Å². The Bertz CT molecular complexity index is 1670. The van der Waals surface area contributed by atoms with E-state index in [2.05, 4.69) is 10.3 Å². The molecule has 0 saturated heterocycles. The molecule has 0 aliphatic carbocycles. The second-order valence-electron chi connectivity index (χ2n) is 8.25. The van der Waals surface area contributed by atoms with Gasteiger partial charge in [-0.2, -0.15) is 0 Å². The number of nitrogens with zero attached hydrogens (tertiary/aromatic N) is 3. The number of fused-ring (bicyclic) bond motifs is 1. The summed E-state index contributed by atoms with van der Waals surface area (Å²) in [5.41, 5.74) is 5.93. The van der Waals surface area contributed by atoms with Gasteiger partial charge in [0.1, 0.15) is 11.6 Å². The van der Waals surface area contributed by atoms with Gasteiger partial charge in [-0.05, 0) is 29.8 Å². The number of hydrogen-bond donors (Lipinski definition) is 2. The minimum absolute atomic E-state index is 0.00821. The molecule has 0 atom stereocenters. The van der Waals surface area contributed by atoms with Gasteiger partial charge < -0.3 is 30.0 Å². The third kappa shape index (κ3) is 4.25. The molecule has 0 aliphatic heterocycles. The molecule has 38 heavy (non-hydrogen) atoms. The Labute approximate surface area is 217 Å². The van der Waals surface area contributed by atoms with E-state index >= 15 is 0 Å². The minimum atomic E-state index is -0.658. The summed E-state index contributed by atoms with van der Waals surface area (Å²) in [6, 6.07) is 9.91. The van der Waals surface area contributed by atoms with Gasteiger partial charge in [0.05, 0.1) is 39.4 Å². The summed E-state index contributed by atoms with van der Waals surface area (Å²) in [6.45, 7) is 0. The molecule has 12 heteroatoms. The van der Waals surface area contributed by atoms with Gasteiger partial charge in [0.25, 0.3) is 11.5 Å². The van der Waals surface area contributed by atoms with E-state index < -0.39 is 17.2 Å². The highest BCUT2D eigenvalue weighted by Gasteiger charge is 2.27. The van der Waals surface area contributed by atoms with Crippen molar-refractivity contribution in [2.45, 2.75) is 0 Å². The van der Waals surface area contributed by atoms with Crippen LogP contribution in [0.3, 0.4) is 0 Å². The minimum Gasteiger partial charge on any atom is -0.497 e. The molecule has 0 spiro atoms. The highest BCUT2D eigenvalue weighted by atomic mass is 16.5. The monoisotopic (exact) mass is 521 g/mol. The Kier molecular flexibility index (Phi) is 6.98. The molecule has 3 N–H and O–H groups in total. The number of methoxy groups -OCH3 is 4. The van der Waals surface area contributed by atoms with E-state index in [1.165, 1.54) is 47.1 Å². The van der Waals surface area contributed by atoms with Crippen LogP contribution in [0.4, 0.5) is 11.5 Å². The molecule has 4 rings (SSSR count). The fourth-order valence-corrected chi connectivity index (χ4v) is 4.24. The number of benzene rings is 2. The number of nitrogen functional groups attached to an aromatic ring is 1. The molecule has 0 fully saturated rings. The van der Waals surface area contributed by atoms with Crippen molar-refractivity contribution < 1.29 is 23.7 Å². The Morgan fingerprint density at radius 1 is 0.921 bits per heavy atom. The Morgan fingerprint density at radius 2 is 1.58 bits per heavy atom. The zero-order chi connectivity index (χ0) is 27.7. The lowest BCUT2D eigenvalue weighted by Gasteiger charge is -2.19. The summed E-state index contributed by atoms with van der Waals surface area (Å²) in [7, 11) is 8.66. The highest BCUT2D eigenvalue weighted by Crippen LogP contribution is 2.43. The summed E-state index contributed by atoms with van der Waals surface area (Å²) in [4.78, 5) is 44.2. The van der Waals surface area contributed by atoms with E-state index in [-0.39, 0.29) is 39.5 Å². The molecule has 0 radical (unpaired) electrons. The van der Waals surface area contributed by atoms with Crippen molar-refractivity contribution in [3.05, 3.63) is 62.8 Å². The Hall–Kier alpha value is -5.00. The van der Waals surface area contributed by atoms with Gasteiger partial charge in [0.2, 0.25) is 5.75 Å². The molecular weight excluding hydrogens is 494 g/mol. The number of carbonyl (C=O) groups is 1. The number of carbonyl (C=O) groups excluding carboxylic acids is 1. The van der Waals surface area contributed by atoms with E-state index in [4.69, 9.17) is 24.7 Å². The number of aromatic nitrogens is 3. The predicted molar refractivity (Wildman–Crippen MR) is 143 cm³/mol. The Morgan fingerprint density at radius 3 is 2.16 bits per heavy atom. The quantitative estimate of drug-likeness (QED) is 0.373. The fourth-order valence-electron chi connectivity index (χ4n) is 4.24. The van der Waals surface area contributed by atoms with Crippen molar-refractivity contribution in [3.63, 3.8) is 0 Å². The third-order valence-electron chi connectivity index (χ3n) is 6.12. The third-order valence-corrected chi connectivity index (χ3v) is 6.12. The second kappa shape index (κ2) is 10.2. The number of aryl methyl sites for hydroxylation is 1. The van der Waals surface area contributed by atoms with Crippen LogP contribution in [0.2, 0.25) is 0 Å². The highest BCUT2D eigenvalue weighted by molar-refractivity contribution is 6.16. The zero-order valence-corrected chi connectivity index (χ0v) is 21.7. The molecule has 2 aromatic heterocycles. The van der Waals surface area contributed by atoms with Crippen molar-refractivity contribution in [2.75, 3.05) is 39.5 Å². The van der Waals surface area contributed by atoms with Crippen LogP contribution in [0.1, 0.15) is 10.4 Å². The van der Waals surface area contributed by atoms with E-state index in [0.717, 1.165) is 4.57 Å². The second-order valence-corrected chi connectivity index (χ2v) is 8.25. The van der Waals surface area contributed by atoms with Crippen LogP contribution < -0.4 is 41.2 Å². The SMILES string of the molecule is COc1cccc(NC(=O)c2c(N)nc3c(c2-c2cc(OC)c(OC)c(OC)c2)c(=O)n(C)c(=O)n3C)c1. The lowest BCUT2D eigenvalue weighted by Crippen LogP contribution is -2.38. The molecule has 2 aromatic carbocycles. The van der Waals surface area contributed by atoms with Crippen LogP contribution >= 0.6 is 0 Å². The van der Waals surface area contributed by atoms with Gasteiger partial charge in [0, 0.05) is 31.4 Å². The zero-order valence-electron chi connectivity index (χ0n) is 21.7. The van der Waals surface area contributed by atoms with Gasteiger partial charge in [-0.15, -0.1) is 0 Å². The normalized spacial score (nSPS) is 10.8. The molecule has 0 unspecified atom stereocenters. The summed E-state index contributed by atoms with van der Waals surface area (Å²) >= 11 is 0. The van der Waals surface area contributed by atoms with Crippen LogP contribution in [-0.2, 0) is 14.1 Å². The average Bonchev–Trinajstić information content (AvgIpc) is 2.93. The topological polar surface area (TPSA) is 149 Å². The molecule has 4 aromatic rings. The van der Waals surface area contributed by atoms with Crippen molar-refractivity contribution in [3.8, 4) is 34.1 Å². The molecular formula is C26H27N5O7. The first-order chi connectivity index (χ1) is 18.2. The molecule has 198 valence electrons. The number of nitrogens with one attached hydrogen (secondary N) is 1. The fraction of sp³-hybridized carbons (Fsp3) is 0.231. The van der Waals surface area contributed by atoms with Gasteiger partial charge >= 0.3 is 5.69 Å². The molecule has 0 saturated carbocycles. The van der Waals surface area contributed by atoms with Gasteiger partial charge in [-0.25, -0.2) is 9.78 Å². The number of anilines is 2. The van der Waals surface area contributed by atoms with E-state index in [9.17, 15) is 14.4 Å². The predicted octanol–water partition coefficient (Wildman–Crippen LogP) is 2.17. The van der Waals surface area contributed by atoms with Crippen molar-refractivity contribution >= 4 is 28.4 Å². The molecule has 2 heterocycles. The maximum absolute atomic E-state index is 13.7. The van der Waals surface area contributed by atoms with Gasteiger partial charge in [-0.1, -0.05) is 6.07 Å². The van der Waals surface area contributed by atoms with Crippen LogP contribution in [0.5, 0.6) is 23.0 Å². The smallest absolute Gasteiger partial charge is 0.332 e. The Balaban J connectivity index is 2.12. The molecule has 12 nitrogen and oxygen atoms in total. The maximum atomic E-state index is 13.7. The average molecular weight is 522 g/mol. The van der Waals surface area contributed by atoms with Crippen LogP contribution in [0, 0.1) is 0 Å². The van der Waals surface area contributed by atoms with E-state index in [0.29, 0.717) is 22.7 Å². The number of amides is 1. The number of ether oxygens (including phenoxy) is 4. The number of pyridine rings is 1. The molecule has 1 amide bonds. The largest absolute Gasteiger partial charge is 0.497 e. The van der Waals surface area contributed by atoms with E-state index in [1.807, 2.05) is 0 Å².